The summed E-state index contributed by atoms with van der Waals surface area (Å²) in [5, 5.41) is 4.10. The first-order valence-electron chi connectivity index (χ1n) is 5.62. The van der Waals surface area contributed by atoms with Crippen LogP contribution in [0.5, 0.6) is 0 Å². The van der Waals surface area contributed by atoms with Crippen LogP contribution in [-0.2, 0) is 11.2 Å². The highest BCUT2D eigenvalue weighted by molar-refractivity contribution is 5.88. The van der Waals surface area contributed by atoms with E-state index in [4.69, 9.17) is 0 Å². The minimum atomic E-state index is -0.0498. The molecule has 1 amide bonds. The Bertz CT molecular complexity index is 394. The maximum Gasteiger partial charge on any atom is 0.244 e. The van der Waals surface area contributed by atoms with Gasteiger partial charge < -0.3 is 0 Å². The van der Waals surface area contributed by atoms with Crippen LogP contribution in [0, 0.1) is 5.92 Å². The number of rotatable bonds is 4. The maximum atomic E-state index is 11.5. The first-order chi connectivity index (χ1) is 7.75. The van der Waals surface area contributed by atoms with Crippen LogP contribution in [0.2, 0.25) is 0 Å². The number of nitrogens with one attached hydrogen (secondary N) is 1. The van der Waals surface area contributed by atoms with Crippen LogP contribution in [-0.4, -0.2) is 11.6 Å². The third kappa shape index (κ3) is 3.19. The van der Waals surface area contributed by atoms with Gasteiger partial charge in [0.05, 0.1) is 6.42 Å². The molecule has 2 rings (SSSR count). The molecule has 0 atom stereocenters. The van der Waals surface area contributed by atoms with Crippen molar-refractivity contribution in [2.45, 2.75) is 26.2 Å². The SMILES string of the molecule is C/C(=N\NC(=O)Cc1ccccc1)C1CC1. The Morgan fingerprint density at radius 3 is 2.69 bits per heavy atom. The van der Waals surface area contributed by atoms with Gasteiger partial charge in [-0.3, -0.25) is 4.79 Å². The quantitative estimate of drug-likeness (QED) is 0.608. The topological polar surface area (TPSA) is 41.5 Å². The number of carbonyl (C=O) groups is 1. The number of benzene rings is 1. The Labute approximate surface area is 95.6 Å². The summed E-state index contributed by atoms with van der Waals surface area (Å²) in [6, 6.07) is 9.69. The molecule has 0 saturated heterocycles. The molecule has 3 nitrogen and oxygen atoms in total. The van der Waals surface area contributed by atoms with Crippen LogP contribution >= 0.6 is 0 Å². The van der Waals surface area contributed by atoms with Gasteiger partial charge in [0.2, 0.25) is 5.91 Å². The first kappa shape index (κ1) is 10.9. The second-order valence-electron chi connectivity index (χ2n) is 4.22. The number of hydrazone groups is 1. The summed E-state index contributed by atoms with van der Waals surface area (Å²) >= 11 is 0. The van der Waals surface area contributed by atoms with E-state index in [1.54, 1.807) is 0 Å². The lowest BCUT2D eigenvalue weighted by molar-refractivity contribution is -0.120. The van der Waals surface area contributed by atoms with Crippen molar-refractivity contribution in [3.8, 4) is 0 Å². The zero-order chi connectivity index (χ0) is 11.4. The third-order valence-corrected chi connectivity index (χ3v) is 2.73. The molecule has 1 aromatic rings. The van der Waals surface area contributed by atoms with Crippen molar-refractivity contribution < 1.29 is 4.79 Å². The Hall–Kier alpha value is -1.64. The molecule has 0 radical (unpaired) electrons. The number of carbonyl (C=O) groups excluding carboxylic acids is 1. The summed E-state index contributed by atoms with van der Waals surface area (Å²) in [7, 11) is 0. The molecule has 16 heavy (non-hydrogen) atoms. The summed E-state index contributed by atoms with van der Waals surface area (Å²) in [4.78, 5) is 11.5. The lowest BCUT2D eigenvalue weighted by Crippen LogP contribution is -2.21. The summed E-state index contributed by atoms with van der Waals surface area (Å²) in [5.41, 5.74) is 4.66. The summed E-state index contributed by atoms with van der Waals surface area (Å²) in [6.07, 6.45) is 2.82. The van der Waals surface area contributed by atoms with Gasteiger partial charge >= 0.3 is 0 Å². The molecular formula is C13H16N2O. The second-order valence-corrected chi connectivity index (χ2v) is 4.22. The smallest absolute Gasteiger partial charge is 0.244 e. The van der Waals surface area contributed by atoms with Gasteiger partial charge in [0.1, 0.15) is 0 Å². The normalized spacial score (nSPS) is 15.9. The van der Waals surface area contributed by atoms with Gasteiger partial charge in [-0.25, -0.2) is 5.43 Å². The van der Waals surface area contributed by atoms with Crippen molar-refractivity contribution >= 4 is 11.6 Å². The second kappa shape index (κ2) is 4.92. The van der Waals surface area contributed by atoms with Crippen molar-refractivity contribution in [1.82, 2.24) is 5.43 Å². The zero-order valence-corrected chi connectivity index (χ0v) is 9.44. The number of hydrogen-bond donors (Lipinski definition) is 1. The zero-order valence-electron chi connectivity index (χ0n) is 9.44. The predicted molar refractivity (Wildman–Crippen MR) is 64.1 cm³/mol. The van der Waals surface area contributed by atoms with Crippen molar-refractivity contribution in [2.24, 2.45) is 11.0 Å². The minimum absolute atomic E-state index is 0.0498. The fourth-order valence-corrected chi connectivity index (χ4v) is 1.56. The van der Waals surface area contributed by atoms with Gasteiger partial charge in [0.15, 0.2) is 0 Å². The number of amides is 1. The fraction of sp³-hybridized carbons (Fsp3) is 0.385. The molecule has 1 aromatic carbocycles. The monoisotopic (exact) mass is 216 g/mol. The van der Waals surface area contributed by atoms with Crippen LogP contribution in [0.4, 0.5) is 0 Å². The molecule has 1 fully saturated rings. The van der Waals surface area contributed by atoms with E-state index in [-0.39, 0.29) is 5.91 Å². The third-order valence-electron chi connectivity index (χ3n) is 2.73. The first-order valence-corrected chi connectivity index (χ1v) is 5.62. The molecule has 1 saturated carbocycles. The van der Waals surface area contributed by atoms with E-state index < -0.39 is 0 Å². The largest absolute Gasteiger partial charge is 0.273 e. The predicted octanol–water partition coefficient (Wildman–Crippen LogP) is 2.13. The number of hydrogen-bond acceptors (Lipinski definition) is 2. The molecule has 0 aliphatic heterocycles. The van der Waals surface area contributed by atoms with Crippen LogP contribution in [0.15, 0.2) is 35.4 Å². The molecule has 84 valence electrons. The van der Waals surface area contributed by atoms with Crippen molar-refractivity contribution in [3.63, 3.8) is 0 Å². The maximum absolute atomic E-state index is 11.5. The van der Waals surface area contributed by atoms with Crippen LogP contribution < -0.4 is 5.43 Å². The van der Waals surface area contributed by atoms with Gasteiger partial charge in [-0.2, -0.15) is 5.10 Å². The Morgan fingerprint density at radius 1 is 1.38 bits per heavy atom. The van der Waals surface area contributed by atoms with Gasteiger partial charge in [-0.1, -0.05) is 30.3 Å². The highest BCUT2D eigenvalue weighted by Crippen LogP contribution is 2.30. The van der Waals surface area contributed by atoms with E-state index in [1.807, 2.05) is 37.3 Å². The average Bonchev–Trinajstić information content (AvgIpc) is 3.11. The van der Waals surface area contributed by atoms with Gasteiger partial charge in [0, 0.05) is 5.71 Å². The van der Waals surface area contributed by atoms with Crippen molar-refractivity contribution in [3.05, 3.63) is 35.9 Å². The standard InChI is InChI=1S/C13H16N2O/c1-10(12-7-8-12)14-15-13(16)9-11-5-3-2-4-6-11/h2-6,12H,7-9H2,1H3,(H,15,16)/b14-10+. The molecule has 1 aliphatic carbocycles. The Kier molecular flexibility index (Phi) is 3.34. The molecule has 0 heterocycles. The van der Waals surface area contributed by atoms with Gasteiger partial charge in [-0.05, 0) is 31.2 Å². The van der Waals surface area contributed by atoms with Crippen LogP contribution in [0.1, 0.15) is 25.3 Å². The average molecular weight is 216 g/mol. The lowest BCUT2D eigenvalue weighted by atomic mass is 10.1. The highest BCUT2D eigenvalue weighted by Gasteiger charge is 2.24. The van der Waals surface area contributed by atoms with E-state index in [9.17, 15) is 4.79 Å². The van der Waals surface area contributed by atoms with Crippen LogP contribution in [0.3, 0.4) is 0 Å². The molecule has 3 heteroatoms. The molecule has 0 bridgehead atoms. The van der Waals surface area contributed by atoms with E-state index >= 15 is 0 Å². The molecule has 0 aromatic heterocycles. The lowest BCUT2D eigenvalue weighted by Gasteiger charge is -2.01. The summed E-state index contributed by atoms with van der Waals surface area (Å²) in [6.45, 7) is 1.97. The Balaban J connectivity index is 1.82. The molecule has 1 aliphatic rings. The fourth-order valence-electron chi connectivity index (χ4n) is 1.56. The van der Waals surface area contributed by atoms with Crippen LogP contribution in [0.25, 0.3) is 0 Å². The van der Waals surface area contributed by atoms with E-state index in [0.717, 1.165) is 11.3 Å². The van der Waals surface area contributed by atoms with Gasteiger partial charge in [-0.15, -0.1) is 0 Å². The molecule has 0 spiro atoms. The summed E-state index contributed by atoms with van der Waals surface area (Å²) in [5.74, 6) is 0.559. The Morgan fingerprint density at radius 2 is 2.06 bits per heavy atom. The number of nitrogens with zero attached hydrogens (tertiary/aromatic N) is 1. The van der Waals surface area contributed by atoms with E-state index in [2.05, 4.69) is 10.5 Å². The highest BCUT2D eigenvalue weighted by atomic mass is 16.2. The van der Waals surface area contributed by atoms with Crippen molar-refractivity contribution in [2.75, 3.05) is 0 Å². The van der Waals surface area contributed by atoms with Gasteiger partial charge in [0.25, 0.3) is 0 Å². The summed E-state index contributed by atoms with van der Waals surface area (Å²) < 4.78 is 0. The van der Waals surface area contributed by atoms with Crippen molar-refractivity contribution in [1.29, 1.82) is 0 Å². The van der Waals surface area contributed by atoms with E-state index in [1.165, 1.54) is 12.8 Å². The van der Waals surface area contributed by atoms with E-state index in [0.29, 0.717) is 12.3 Å². The molecule has 0 unspecified atom stereocenters. The molecular weight excluding hydrogens is 200 g/mol. The molecule has 1 N–H and O–H groups in total. The minimum Gasteiger partial charge on any atom is -0.273 e.